The monoisotopic (exact) mass is 449 g/mol. The minimum atomic E-state index is -0.545. The number of hydrogen-bond acceptors (Lipinski definition) is 4. The Morgan fingerprint density at radius 2 is 1.21 bits per heavy atom. The van der Waals surface area contributed by atoms with E-state index in [-0.39, 0.29) is 5.78 Å². The molecular weight excluding hydrogens is 426 g/mol. The number of rotatable bonds is 7. The van der Waals surface area contributed by atoms with Crippen LogP contribution >= 0.6 is 0 Å². The Balaban J connectivity index is 1.46. The minimum Gasteiger partial charge on any atom is -0.497 e. The number of carbonyl (C=O) groups is 2. The fourth-order valence-electron chi connectivity index (χ4n) is 3.33. The molecule has 0 saturated carbocycles. The van der Waals surface area contributed by atoms with Crippen molar-refractivity contribution in [1.82, 2.24) is 0 Å². The Morgan fingerprint density at radius 1 is 0.676 bits per heavy atom. The van der Waals surface area contributed by atoms with Gasteiger partial charge in [0.15, 0.2) is 5.78 Å². The van der Waals surface area contributed by atoms with Crippen molar-refractivity contribution >= 4 is 29.3 Å². The molecule has 0 spiro atoms. The number of para-hydroxylation sites is 2. The van der Waals surface area contributed by atoms with Crippen molar-refractivity contribution < 1.29 is 19.1 Å². The van der Waals surface area contributed by atoms with Gasteiger partial charge < -0.3 is 9.47 Å². The van der Waals surface area contributed by atoms with Crippen LogP contribution in [0, 0.1) is 0 Å². The summed E-state index contributed by atoms with van der Waals surface area (Å²) < 4.78 is 10.8. The number of allylic oxidation sites excluding steroid dienone is 1. The Kier molecular flexibility index (Phi) is 7.16. The summed E-state index contributed by atoms with van der Waals surface area (Å²) in [5.74, 6) is 0.952. The SMILES string of the molecule is COc1ccc(/C=C/C(=O)c2ccc(OC(=O)N(c3ccccc3)c3ccccc3)cc2)cc1. The lowest BCUT2D eigenvalue weighted by Gasteiger charge is -2.22. The maximum Gasteiger partial charge on any atom is 0.424 e. The molecule has 0 fully saturated rings. The molecule has 168 valence electrons. The molecule has 0 radical (unpaired) electrons. The summed E-state index contributed by atoms with van der Waals surface area (Å²) in [5, 5.41) is 0. The lowest BCUT2D eigenvalue weighted by molar-refractivity contribution is 0.104. The molecule has 0 aliphatic rings. The zero-order chi connectivity index (χ0) is 23.8. The quantitative estimate of drug-likeness (QED) is 0.227. The van der Waals surface area contributed by atoms with E-state index in [0.29, 0.717) is 22.7 Å². The van der Waals surface area contributed by atoms with Crippen LogP contribution in [0.1, 0.15) is 15.9 Å². The molecule has 0 N–H and O–H groups in total. The van der Waals surface area contributed by atoms with Crippen molar-refractivity contribution in [2.24, 2.45) is 0 Å². The maximum atomic E-state index is 13.1. The summed E-state index contributed by atoms with van der Waals surface area (Å²) in [6.45, 7) is 0. The van der Waals surface area contributed by atoms with Crippen LogP contribution < -0.4 is 14.4 Å². The van der Waals surface area contributed by atoms with Gasteiger partial charge in [-0.1, -0.05) is 54.6 Å². The predicted molar refractivity (Wildman–Crippen MR) is 134 cm³/mol. The summed E-state index contributed by atoms with van der Waals surface area (Å²) >= 11 is 0. The van der Waals surface area contributed by atoms with Crippen LogP contribution in [0.4, 0.5) is 16.2 Å². The van der Waals surface area contributed by atoms with Crippen LogP contribution in [0.5, 0.6) is 11.5 Å². The Morgan fingerprint density at radius 3 is 1.74 bits per heavy atom. The normalized spacial score (nSPS) is 10.6. The molecule has 0 bridgehead atoms. The Labute approximate surface area is 198 Å². The predicted octanol–water partition coefficient (Wildman–Crippen LogP) is 6.93. The Hall–Kier alpha value is -4.64. The van der Waals surface area contributed by atoms with E-state index in [2.05, 4.69) is 0 Å². The second-order valence-electron chi connectivity index (χ2n) is 7.37. The van der Waals surface area contributed by atoms with Gasteiger partial charge in [-0.15, -0.1) is 0 Å². The molecule has 4 rings (SSSR count). The molecule has 0 aliphatic carbocycles. The molecule has 0 atom stereocenters. The van der Waals surface area contributed by atoms with Crippen LogP contribution in [0.3, 0.4) is 0 Å². The molecule has 5 heteroatoms. The van der Waals surface area contributed by atoms with Gasteiger partial charge in [-0.3, -0.25) is 4.79 Å². The molecule has 0 unspecified atom stereocenters. The van der Waals surface area contributed by atoms with Crippen LogP contribution in [-0.2, 0) is 0 Å². The summed E-state index contributed by atoms with van der Waals surface area (Å²) in [6.07, 6.45) is 2.71. The van der Waals surface area contributed by atoms with E-state index >= 15 is 0 Å². The van der Waals surface area contributed by atoms with Gasteiger partial charge in [0, 0.05) is 5.56 Å². The highest BCUT2D eigenvalue weighted by molar-refractivity contribution is 6.07. The van der Waals surface area contributed by atoms with E-state index in [1.807, 2.05) is 84.9 Å². The van der Waals surface area contributed by atoms with E-state index in [0.717, 1.165) is 11.3 Å². The summed E-state index contributed by atoms with van der Waals surface area (Å²) in [4.78, 5) is 27.1. The molecular formula is C29H23NO4. The first-order valence-electron chi connectivity index (χ1n) is 10.7. The average molecular weight is 450 g/mol. The van der Waals surface area contributed by atoms with Crippen LogP contribution in [0.15, 0.2) is 115 Å². The van der Waals surface area contributed by atoms with Crippen molar-refractivity contribution in [2.45, 2.75) is 0 Å². The highest BCUT2D eigenvalue weighted by atomic mass is 16.6. The number of carbonyl (C=O) groups excluding carboxylic acids is 2. The second kappa shape index (κ2) is 10.8. The zero-order valence-corrected chi connectivity index (χ0v) is 18.6. The van der Waals surface area contributed by atoms with E-state index in [1.54, 1.807) is 37.5 Å². The molecule has 4 aromatic carbocycles. The largest absolute Gasteiger partial charge is 0.497 e. The van der Waals surface area contributed by atoms with Crippen molar-refractivity contribution in [3.63, 3.8) is 0 Å². The molecule has 4 aromatic rings. The summed E-state index contributed by atoms with van der Waals surface area (Å²) in [6, 6.07) is 32.5. The topological polar surface area (TPSA) is 55.8 Å². The van der Waals surface area contributed by atoms with Crippen molar-refractivity contribution in [1.29, 1.82) is 0 Å². The van der Waals surface area contributed by atoms with Crippen LogP contribution in [0.2, 0.25) is 0 Å². The van der Waals surface area contributed by atoms with Gasteiger partial charge in [0.1, 0.15) is 11.5 Å². The Bertz CT molecular complexity index is 1230. The van der Waals surface area contributed by atoms with E-state index in [9.17, 15) is 9.59 Å². The standard InChI is InChI=1S/C29H23NO4/c1-33-26-17-12-22(13-18-26)14-21-28(31)23-15-19-27(20-16-23)34-29(32)30(24-8-4-2-5-9-24)25-10-6-3-7-11-25/h2-21H,1H3/b21-14+. The smallest absolute Gasteiger partial charge is 0.424 e. The van der Waals surface area contributed by atoms with Gasteiger partial charge >= 0.3 is 6.09 Å². The maximum absolute atomic E-state index is 13.1. The number of hydrogen-bond donors (Lipinski definition) is 0. The first-order valence-corrected chi connectivity index (χ1v) is 10.7. The number of nitrogens with zero attached hydrogens (tertiary/aromatic N) is 1. The first kappa shape index (κ1) is 22.6. The molecule has 5 nitrogen and oxygen atoms in total. The van der Waals surface area contributed by atoms with Gasteiger partial charge in [0.25, 0.3) is 0 Å². The van der Waals surface area contributed by atoms with Gasteiger partial charge in [-0.25, -0.2) is 9.69 Å². The van der Waals surface area contributed by atoms with E-state index < -0.39 is 6.09 Å². The highest BCUT2D eigenvalue weighted by Crippen LogP contribution is 2.27. The lowest BCUT2D eigenvalue weighted by atomic mass is 10.1. The summed E-state index contributed by atoms with van der Waals surface area (Å²) in [5.41, 5.74) is 2.76. The van der Waals surface area contributed by atoms with Gasteiger partial charge in [0.05, 0.1) is 18.5 Å². The molecule has 1 amide bonds. The third kappa shape index (κ3) is 5.58. The van der Waals surface area contributed by atoms with Crippen LogP contribution in [0.25, 0.3) is 6.08 Å². The molecule has 0 aliphatic heterocycles. The minimum absolute atomic E-state index is 0.149. The number of methoxy groups -OCH3 is 1. The second-order valence-corrected chi connectivity index (χ2v) is 7.37. The molecule has 0 heterocycles. The summed E-state index contributed by atoms with van der Waals surface area (Å²) in [7, 11) is 1.61. The van der Waals surface area contributed by atoms with Crippen molar-refractivity contribution in [3.8, 4) is 11.5 Å². The van der Waals surface area contributed by atoms with Crippen LogP contribution in [-0.4, -0.2) is 19.0 Å². The number of anilines is 2. The number of amides is 1. The van der Waals surface area contributed by atoms with E-state index in [1.165, 1.54) is 11.0 Å². The third-order valence-electron chi connectivity index (χ3n) is 5.10. The fourth-order valence-corrected chi connectivity index (χ4v) is 3.33. The zero-order valence-electron chi connectivity index (χ0n) is 18.6. The third-order valence-corrected chi connectivity index (χ3v) is 5.10. The number of ether oxygens (including phenoxy) is 2. The van der Waals surface area contributed by atoms with Crippen molar-refractivity contribution in [3.05, 3.63) is 126 Å². The van der Waals surface area contributed by atoms with Gasteiger partial charge in [-0.2, -0.15) is 0 Å². The van der Waals surface area contributed by atoms with Gasteiger partial charge in [0.2, 0.25) is 0 Å². The molecule has 0 aromatic heterocycles. The van der Waals surface area contributed by atoms with Gasteiger partial charge in [-0.05, 0) is 72.3 Å². The van der Waals surface area contributed by atoms with E-state index in [4.69, 9.17) is 9.47 Å². The average Bonchev–Trinajstić information content (AvgIpc) is 2.89. The van der Waals surface area contributed by atoms with Crippen molar-refractivity contribution in [2.75, 3.05) is 12.0 Å². The lowest BCUT2D eigenvalue weighted by Crippen LogP contribution is -2.29. The molecule has 34 heavy (non-hydrogen) atoms. The molecule has 0 saturated heterocycles. The fraction of sp³-hybridized carbons (Fsp3) is 0.0345. The number of ketones is 1. The highest BCUT2D eigenvalue weighted by Gasteiger charge is 2.20. The number of benzene rings is 4. The first-order chi connectivity index (χ1) is 16.6.